The number of amides is 1. The molecule has 0 radical (unpaired) electrons. The summed E-state index contributed by atoms with van der Waals surface area (Å²) in [7, 11) is 1.64. The standard InChI is InChI=1S/C19H21FN2O2/c1-13-9-14(3-5-17(13)20)10-15-7-8-22(11-15)19(24)16-4-6-18(23)21(2)12-16/h3-6,9,12,15H,7-8,10-11H2,1-2H3. The summed E-state index contributed by atoms with van der Waals surface area (Å²) in [6.45, 7) is 3.17. The predicted molar refractivity (Wildman–Crippen MR) is 90.5 cm³/mol. The molecule has 1 saturated heterocycles. The molecular weight excluding hydrogens is 307 g/mol. The highest BCUT2D eigenvalue weighted by Gasteiger charge is 2.27. The van der Waals surface area contributed by atoms with Crippen molar-refractivity contribution in [3.63, 3.8) is 0 Å². The monoisotopic (exact) mass is 328 g/mol. The van der Waals surface area contributed by atoms with Gasteiger partial charge in [-0.25, -0.2) is 4.39 Å². The number of carbonyl (C=O) groups excluding carboxylic acids is 1. The highest BCUT2D eigenvalue weighted by atomic mass is 19.1. The number of halogens is 1. The van der Waals surface area contributed by atoms with E-state index in [0.717, 1.165) is 18.4 Å². The Kier molecular flexibility index (Phi) is 4.51. The molecule has 126 valence electrons. The Morgan fingerprint density at radius 1 is 1.29 bits per heavy atom. The van der Waals surface area contributed by atoms with Gasteiger partial charge in [0.15, 0.2) is 0 Å². The third-order valence-electron chi connectivity index (χ3n) is 4.65. The molecule has 5 heteroatoms. The molecule has 1 aromatic carbocycles. The van der Waals surface area contributed by atoms with Gasteiger partial charge in [-0.2, -0.15) is 0 Å². The van der Waals surface area contributed by atoms with E-state index in [1.54, 1.807) is 26.2 Å². The summed E-state index contributed by atoms with van der Waals surface area (Å²) in [5.74, 6) is 0.159. The van der Waals surface area contributed by atoms with Crippen LogP contribution in [0.5, 0.6) is 0 Å². The van der Waals surface area contributed by atoms with Crippen molar-refractivity contribution in [3.05, 3.63) is 69.4 Å². The molecule has 1 aliphatic heterocycles. The van der Waals surface area contributed by atoms with E-state index in [4.69, 9.17) is 0 Å². The summed E-state index contributed by atoms with van der Waals surface area (Å²) < 4.78 is 14.8. The minimum Gasteiger partial charge on any atom is -0.338 e. The van der Waals surface area contributed by atoms with Crippen molar-refractivity contribution in [2.75, 3.05) is 13.1 Å². The number of hydrogen-bond donors (Lipinski definition) is 0. The number of hydrogen-bond acceptors (Lipinski definition) is 2. The van der Waals surface area contributed by atoms with Crippen LogP contribution in [0.4, 0.5) is 4.39 Å². The van der Waals surface area contributed by atoms with Gasteiger partial charge in [0.1, 0.15) is 5.82 Å². The number of likely N-dealkylation sites (tertiary alicyclic amines) is 1. The normalized spacial score (nSPS) is 17.3. The van der Waals surface area contributed by atoms with E-state index < -0.39 is 0 Å². The van der Waals surface area contributed by atoms with E-state index in [1.165, 1.54) is 16.7 Å². The highest BCUT2D eigenvalue weighted by Crippen LogP contribution is 2.23. The molecule has 1 aromatic heterocycles. The minimum atomic E-state index is -0.184. The van der Waals surface area contributed by atoms with Crippen LogP contribution < -0.4 is 5.56 Å². The third-order valence-corrected chi connectivity index (χ3v) is 4.65. The number of pyridine rings is 1. The zero-order valence-corrected chi connectivity index (χ0v) is 14.0. The number of nitrogens with zero attached hydrogens (tertiary/aromatic N) is 2. The molecule has 0 bridgehead atoms. The fourth-order valence-corrected chi connectivity index (χ4v) is 3.25. The van der Waals surface area contributed by atoms with Crippen LogP contribution in [-0.2, 0) is 13.5 Å². The van der Waals surface area contributed by atoms with Crippen LogP contribution in [0.25, 0.3) is 0 Å². The molecular formula is C19H21FN2O2. The summed E-state index contributed by atoms with van der Waals surface area (Å²) in [6.07, 6.45) is 3.37. The van der Waals surface area contributed by atoms with Gasteiger partial charge in [-0.3, -0.25) is 9.59 Å². The lowest BCUT2D eigenvalue weighted by Gasteiger charge is -2.17. The third kappa shape index (κ3) is 3.40. The minimum absolute atomic E-state index is 0.0385. The predicted octanol–water partition coefficient (Wildman–Crippen LogP) is 2.54. The van der Waals surface area contributed by atoms with Crippen molar-refractivity contribution in [2.24, 2.45) is 13.0 Å². The van der Waals surface area contributed by atoms with Crippen LogP contribution in [0, 0.1) is 18.7 Å². The van der Waals surface area contributed by atoms with Gasteiger partial charge < -0.3 is 9.47 Å². The van der Waals surface area contributed by atoms with E-state index in [-0.39, 0.29) is 17.3 Å². The number of rotatable bonds is 3. The summed E-state index contributed by atoms with van der Waals surface area (Å²) in [4.78, 5) is 25.8. The molecule has 1 amide bonds. The van der Waals surface area contributed by atoms with Crippen LogP contribution >= 0.6 is 0 Å². The van der Waals surface area contributed by atoms with E-state index in [9.17, 15) is 14.0 Å². The van der Waals surface area contributed by atoms with Gasteiger partial charge in [-0.05, 0) is 48.9 Å². The first-order valence-electron chi connectivity index (χ1n) is 8.15. The Hall–Kier alpha value is -2.43. The summed E-state index contributed by atoms with van der Waals surface area (Å²) in [5.41, 5.74) is 2.17. The van der Waals surface area contributed by atoms with E-state index in [2.05, 4.69) is 0 Å². The van der Waals surface area contributed by atoms with Gasteiger partial charge in [0.25, 0.3) is 5.91 Å². The van der Waals surface area contributed by atoms with Crippen LogP contribution in [0.1, 0.15) is 27.9 Å². The van der Waals surface area contributed by atoms with Crippen LogP contribution in [0.2, 0.25) is 0 Å². The number of carbonyl (C=O) groups is 1. The fourth-order valence-electron chi connectivity index (χ4n) is 3.25. The maximum Gasteiger partial charge on any atom is 0.255 e. The molecule has 1 unspecified atom stereocenters. The van der Waals surface area contributed by atoms with Crippen molar-refractivity contribution in [3.8, 4) is 0 Å². The van der Waals surface area contributed by atoms with Crippen LogP contribution in [0.3, 0.4) is 0 Å². The average Bonchev–Trinajstić information content (AvgIpc) is 3.01. The molecule has 0 aliphatic carbocycles. The Bertz CT molecular complexity index is 828. The van der Waals surface area contributed by atoms with Crippen LogP contribution in [0.15, 0.2) is 41.3 Å². The molecule has 1 aliphatic rings. The molecule has 24 heavy (non-hydrogen) atoms. The van der Waals surface area contributed by atoms with Crippen molar-refractivity contribution in [2.45, 2.75) is 19.8 Å². The Morgan fingerprint density at radius 2 is 2.08 bits per heavy atom. The molecule has 3 rings (SSSR count). The van der Waals surface area contributed by atoms with E-state index in [0.29, 0.717) is 30.1 Å². The molecule has 1 fully saturated rings. The molecule has 1 atom stereocenters. The number of benzene rings is 1. The second-order valence-electron chi connectivity index (χ2n) is 6.56. The van der Waals surface area contributed by atoms with Gasteiger partial charge >= 0.3 is 0 Å². The summed E-state index contributed by atoms with van der Waals surface area (Å²) in [6, 6.07) is 8.21. The lowest BCUT2D eigenvalue weighted by atomic mass is 9.97. The maximum atomic E-state index is 13.4. The second-order valence-corrected chi connectivity index (χ2v) is 6.56. The van der Waals surface area contributed by atoms with Gasteiger partial charge in [-0.1, -0.05) is 12.1 Å². The lowest BCUT2D eigenvalue weighted by Crippen LogP contribution is -2.30. The largest absolute Gasteiger partial charge is 0.338 e. The molecule has 0 N–H and O–H groups in total. The molecule has 0 saturated carbocycles. The first-order chi connectivity index (χ1) is 11.4. The van der Waals surface area contributed by atoms with Gasteiger partial charge in [0.05, 0.1) is 5.56 Å². The van der Waals surface area contributed by atoms with E-state index >= 15 is 0 Å². The van der Waals surface area contributed by atoms with Crippen LogP contribution in [-0.4, -0.2) is 28.5 Å². The van der Waals surface area contributed by atoms with Gasteiger partial charge in [-0.15, -0.1) is 0 Å². The Morgan fingerprint density at radius 3 is 2.79 bits per heavy atom. The van der Waals surface area contributed by atoms with Crippen molar-refractivity contribution >= 4 is 5.91 Å². The molecule has 2 heterocycles. The molecule has 0 spiro atoms. The lowest BCUT2D eigenvalue weighted by molar-refractivity contribution is 0.0786. The highest BCUT2D eigenvalue weighted by molar-refractivity contribution is 5.94. The average molecular weight is 328 g/mol. The van der Waals surface area contributed by atoms with Gasteiger partial charge in [0.2, 0.25) is 5.56 Å². The maximum absolute atomic E-state index is 13.4. The number of aryl methyl sites for hydroxylation is 2. The van der Waals surface area contributed by atoms with Gasteiger partial charge in [0, 0.05) is 32.4 Å². The van der Waals surface area contributed by atoms with Crippen molar-refractivity contribution < 1.29 is 9.18 Å². The van der Waals surface area contributed by atoms with Crippen molar-refractivity contribution in [1.29, 1.82) is 0 Å². The first kappa shape index (κ1) is 16.4. The molecule has 4 nitrogen and oxygen atoms in total. The number of aromatic nitrogens is 1. The van der Waals surface area contributed by atoms with E-state index in [1.807, 2.05) is 17.0 Å². The Labute approximate surface area is 140 Å². The zero-order valence-electron chi connectivity index (χ0n) is 14.0. The SMILES string of the molecule is Cc1cc(CC2CCN(C(=O)c3ccc(=O)n(C)c3)C2)ccc1F. The topological polar surface area (TPSA) is 42.3 Å². The Balaban J connectivity index is 1.66. The molecule has 2 aromatic rings. The second kappa shape index (κ2) is 6.59. The summed E-state index contributed by atoms with van der Waals surface area (Å²) in [5, 5.41) is 0. The first-order valence-corrected chi connectivity index (χ1v) is 8.15. The zero-order chi connectivity index (χ0) is 17.3. The smallest absolute Gasteiger partial charge is 0.255 e. The quantitative estimate of drug-likeness (QED) is 0.869. The fraction of sp³-hybridized carbons (Fsp3) is 0.368. The van der Waals surface area contributed by atoms with Crippen molar-refractivity contribution in [1.82, 2.24) is 9.47 Å². The summed E-state index contributed by atoms with van der Waals surface area (Å²) >= 11 is 0.